The van der Waals surface area contributed by atoms with Crippen LogP contribution in [-0.4, -0.2) is 35.0 Å². The molecule has 1 N–H and O–H groups in total. The van der Waals surface area contributed by atoms with E-state index < -0.39 is 23.5 Å². The Bertz CT molecular complexity index is 752. The maximum absolute atomic E-state index is 13.2. The number of hydrogen-bond acceptors (Lipinski definition) is 5. The van der Waals surface area contributed by atoms with E-state index in [4.69, 9.17) is 9.47 Å². The van der Waals surface area contributed by atoms with E-state index >= 15 is 0 Å². The van der Waals surface area contributed by atoms with Crippen LogP contribution < -0.4 is 11.2 Å². The summed E-state index contributed by atoms with van der Waals surface area (Å²) >= 11 is 0. The summed E-state index contributed by atoms with van der Waals surface area (Å²) in [4.78, 5) is 29.5. The maximum Gasteiger partial charge on any atom is 0.328 e. The first-order valence-electron chi connectivity index (χ1n) is 6.57. The second kappa shape index (κ2) is 7.10. The Morgan fingerprint density at radius 2 is 2.05 bits per heavy atom. The normalized spacial score (nSPS) is 11.1. The van der Waals surface area contributed by atoms with Crippen molar-refractivity contribution in [3.05, 3.63) is 51.2 Å². The second-order valence-corrected chi connectivity index (χ2v) is 4.53. The van der Waals surface area contributed by atoms with Crippen molar-refractivity contribution in [1.29, 1.82) is 0 Å². The third-order valence-electron chi connectivity index (χ3n) is 3.13. The van der Waals surface area contributed by atoms with Crippen molar-refractivity contribution in [3.63, 3.8) is 0 Å². The zero-order chi connectivity index (χ0) is 16.1. The predicted molar refractivity (Wildman–Crippen MR) is 76.9 cm³/mol. The largest absolute Gasteiger partial charge is 0.356 e. The molecule has 0 fully saturated rings. The molecule has 0 spiro atoms. The molecule has 2 aromatic rings. The number of aromatic nitrogens is 3. The summed E-state index contributed by atoms with van der Waals surface area (Å²) in [6.07, 6.45) is 1.30. The van der Waals surface area contributed by atoms with E-state index in [1.165, 1.54) is 43.2 Å². The number of nitrogens with one attached hydrogen (secondary N) is 1. The van der Waals surface area contributed by atoms with E-state index in [9.17, 15) is 14.0 Å². The van der Waals surface area contributed by atoms with Gasteiger partial charge in [-0.05, 0) is 12.1 Å². The van der Waals surface area contributed by atoms with Crippen molar-refractivity contribution in [2.75, 3.05) is 14.2 Å². The molecule has 8 heteroatoms. The van der Waals surface area contributed by atoms with Crippen molar-refractivity contribution in [2.45, 2.75) is 19.3 Å². The fraction of sp³-hybridized carbons (Fsp3) is 0.357. The minimum Gasteiger partial charge on any atom is -0.356 e. The number of ether oxygens (including phenoxy) is 2. The number of nitrogens with zero attached hydrogens (tertiary/aromatic N) is 2. The van der Waals surface area contributed by atoms with E-state index in [0.717, 1.165) is 0 Å². The third-order valence-corrected chi connectivity index (χ3v) is 3.13. The van der Waals surface area contributed by atoms with E-state index in [0.29, 0.717) is 6.42 Å². The van der Waals surface area contributed by atoms with Crippen LogP contribution in [-0.2, 0) is 16.0 Å². The van der Waals surface area contributed by atoms with E-state index in [1.54, 1.807) is 0 Å². The number of rotatable bonds is 6. The summed E-state index contributed by atoms with van der Waals surface area (Å²) in [5, 5.41) is 0. The fourth-order valence-electron chi connectivity index (χ4n) is 1.99. The first-order valence-corrected chi connectivity index (χ1v) is 6.57. The van der Waals surface area contributed by atoms with Crippen molar-refractivity contribution < 1.29 is 13.9 Å². The highest BCUT2D eigenvalue weighted by Gasteiger charge is 2.11. The monoisotopic (exact) mass is 309 g/mol. The first-order chi connectivity index (χ1) is 10.5. The van der Waals surface area contributed by atoms with E-state index in [2.05, 4.69) is 9.97 Å². The Labute approximate surface area is 125 Å². The van der Waals surface area contributed by atoms with Gasteiger partial charge in [0.15, 0.2) is 6.29 Å². The molecule has 0 amide bonds. The van der Waals surface area contributed by atoms with Crippen LogP contribution in [0.25, 0.3) is 11.3 Å². The lowest BCUT2D eigenvalue weighted by Crippen LogP contribution is -2.31. The molecule has 2 rings (SSSR count). The summed E-state index contributed by atoms with van der Waals surface area (Å²) < 4.78 is 24.6. The van der Waals surface area contributed by atoms with Crippen LogP contribution in [0.15, 0.2) is 34.0 Å². The number of pyridine rings is 1. The van der Waals surface area contributed by atoms with Gasteiger partial charge in [0.25, 0.3) is 5.56 Å². The third kappa shape index (κ3) is 3.66. The Morgan fingerprint density at radius 1 is 1.32 bits per heavy atom. The number of halogens is 1. The topological polar surface area (TPSA) is 86.2 Å². The average Bonchev–Trinajstić information content (AvgIpc) is 2.50. The van der Waals surface area contributed by atoms with Crippen molar-refractivity contribution >= 4 is 0 Å². The summed E-state index contributed by atoms with van der Waals surface area (Å²) in [5.74, 6) is -0.700. The number of hydrogen-bond donors (Lipinski definition) is 1. The summed E-state index contributed by atoms with van der Waals surface area (Å²) in [5.41, 5.74) is -0.902. The quantitative estimate of drug-likeness (QED) is 0.628. The van der Waals surface area contributed by atoms with Gasteiger partial charge in [-0.1, -0.05) is 6.07 Å². The molecule has 0 bridgehead atoms. The number of aryl methyl sites for hydroxylation is 1. The van der Waals surface area contributed by atoms with Crippen molar-refractivity contribution in [2.24, 2.45) is 0 Å². The number of methoxy groups -OCH3 is 2. The molecular weight excluding hydrogens is 293 g/mol. The second-order valence-electron chi connectivity index (χ2n) is 4.53. The van der Waals surface area contributed by atoms with Crippen molar-refractivity contribution in [3.8, 4) is 11.3 Å². The first kappa shape index (κ1) is 16.1. The van der Waals surface area contributed by atoms with Gasteiger partial charge in [0.1, 0.15) is 0 Å². The van der Waals surface area contributed by atoms with E-state index in [1.807, 2.05) is 0 Å². The van der Waals surface area contributed by atoms with Crippen LogP contribution in [0.4, 0.5) is 4.39 Å². The molecule has 0 aliphatic heterocycles. The van der Waals surface area contributed by atoms with Gasteiger partial charge in [-0.3, -0.25) is 14.3 Å². The maximum atomic E-state index is 13.2. The Balaban J connectivity index is 2.35. The molecule has 22 heavy (non-hydrogen) atoms. The van der Waals surface area contributed by atoms with Crippen molar-refractivity contribution in [1.82, 2.24) is 14.5 Å². The molecule has 2 aromatic heterocycles. The summed E-state index contributed by atoms with van der Waals surface area (Å²) in [7, 11) is 2.98. The fourth-order valence-corrected chi connectivity index (χ4v) is 1.99. The average molecular weight is 309 g/mol. The zero-order valence-electron chi connectivity index (χ0n) is 12.2. The molecule has 118 valence electrons. The van der Waals surface area contributed by atoms with Gasteiger partial charge >= 0.3 is 5.69 Å². The molecule has 7 nitrogen and oxygen atoms in total. The van der Waals surface area contributed by atoms with Crippen LogP contribution in [0.2, 0.25) is 0 Å². The van der Waals surface area contributed by atoms with Gasteiger partial charge in [-0.15, -0.1) is 0 Å². The lowest BCUT2D eigenvalue weighted by molar-refractivity contribution is -0.108. The number of aromatic amines is 1. The Kier molecular flexibility index (Phi) is 5.18. The van der Waals surface area contributed by atoms with Gasteiger partial charge in [0.05, 0.1) is 11.3 Å². The lowest BCUT2D eigenvalue weighted by Gasteiger charge is -2.14. The predicted octanol–water partition coefficient (Wildman–Crippen LogP) is 0.747. The van der Waals surface area contributed by atoms with Crippen LogP contribution in [0.1, 0.15) is 6.42 Å². The molecule has 0 unspecified atom stereocenters. The van der Waals surface area contributed by atoms with Gasteiger partial charge < -0.3 is 9.47 Å². The molecule has 0 radical (unpaired) electrons. The van der Waals surface area contributed by atoms with Crippen LogP contribution in [0.3, 0.4) is 0 Å². The van der Waals surface area contributed by atoms with Gasteiger partial charge in [-0.25, -0.2) is 9.78 Å². The van der Waals surface area contributed by atoms with Gasteiger partial charge in [0.2, 0.25) is 5.95 Å². The standard InChI is InChI=1S/C14H16FN3O4/c1-21-12(22-2)6-7-18-8-9(13(19)17-14(18)20)10-4-3-5-11(15)16-10/h3-5,8,12H,6-7H2,1-2H3,(H,17,19,20). The van der Waals surface area contributed by atoms with Gasteiger partial charge in [0, 0.05) is 33.4 Å². The molecular formula is C14H16FN3O4. The molecule has 0 saturated carbocycles. The summed E-state index contributed by atoms with van der Waals surface area (Å²) in [6.45, 7) is 0.268. The Hall–Kier alpha value is -2.32. The number of H-pyrrole nitrogens is 1. The van der Waals surface area contributed by atoms with Crippen LogP contribution in [0.5, 0.6) is 0 Å². The highest BCUT2D eigenvalue weighted by molar-refractivity contribution is 5.55. The SMILES string of the molecule is COC(CCn1cc(-c2cccc(F)n2)c(=O)[nH]c1=O)OC. The smallest absolute Gasteiger partial charge is 0.328 e. The van der Waals surface area contributed by atoms with E-state index in [-0.39, 0.29) is 17.8 Å². The minimum atomic E-state index is -0.700. The lowest BCUT2D eigenvalue weighted by atomic mass is 10.2. The molecule has 0 aliphatic carbocycles. The molecule has 2 heterocycles. The van der Waals surface area contributed by atoms with Crippen LogP contribution >= 0.6 is 0 Å². The highest BCUT2D eigenvalue weighted by atomic mass is 19.1. The van der Waals surface area contributed by atoms with Gasteiger partial charge in [-0.2, -0.15) is 4.39 Å². The summed E-state index contributed by atoms with van der Waals surface area (Å²) in [6, 6.07) is 4.11. The molecule has 0 atom stereocenters. The molecule has 0 aliphatic rings. The minimum absolute atomic E-state index is 0.116. The van der Waals surface area contributed by atoms with Crippen LogP contribution in [0, 0.1) is 5.95 Å². The Morgan fingerprint density at radius 3 is 2.68 bits per heavy atom. The highest BCUT2D eigenvalue weighted by Crippen LogP contribution is 2.11. The zero-order valence-corrected chi connectivity index (χ0v) is 12.2. The molecule has 0 saturated heterocycles. The molecule has 0 aromatic carbocycles.